The summed E-state index contributed by atoms with van der Waals surface area (Å²) in [6.07, 6.45) is 21.7. The van der Waals surface area contributed by atoms with E-state index in [1.54, 1.807) is 12.1 Å². The second-order valence-corrected chi connectivity index (χ2v) is 12.0. The van der Waals surface area contributed by atoms with Crippen LogP contribution >= 0.6 is 0 Å². The first-order chi connectivity index (χ1) is 18.3. The first-order valence-corrected chi connectivity index (χ1v) is 16.1. The van der Waals surface area contributed by atoms with Crippen molar-refractivity contribution in [1.82, 2.24) is 0 Å². The molecule has 0 saturated heterocycles. The van der Waals surface area contributed by atoms with Crippen LogP contribution in [0.1, 0.15) is 144 Å². The van der Waals surface area contributed by atoms with Crippen molar-refractivity contribution >= 4 is 22.1 Å². The van der Waals surface area contributed by atoms with Gasteiger partial charge in [-0.25, -0.2) is 18.0 Å². The molecular formula is C30H49KO7S. The second kappa shape index (κ2) is 24.3. The molecule has 7 nitrogen and oxygen atoms in total. The van der Waals surface area contributed by atoms with Crippen molar-refractivity contribution in [1.29, 1.82) is 0 Å². The Morgan fingerprint density at radius 1 is 0.692 bits per heavy atom. The third-order valence-electron chi connectivity index (χ3n) is 6.79. The Morgan fingerprint density at radius 2 is 1.05 bits per heavy atom. The van der Waals surface area contributed by atoms with Gasteiger partial charge in [0.25, 0.3) is 0 Å². The number of hydrogen-bond donors (Lipinski definition) is 0. The molecule has 0 saturated carbocycles. The molecule has 0 aliphatic rings. The molecule has 1 unspecified atom stereocenters. The van der Waals surface area contributed by atoms with Gasteiger partial charge < -0.3 is 14.0 Å². The number of carbonyl (C=O) groups excluding carboxylic acids is 2. The number of ether oxygens (including phenoxy) is 2. The molecule has 9 heteroatoms. The topological polar surface area (TPSA) is 110 Å². The Labute approximate surface area is 279 Å². The second-order valence-electron chi connectivity index (χ2n) is 10.2. The molecular weight excluding hydrogens is 543 g/mol. The SMILES string of the molecule is CCCCCCCCCCCCCCCCCCCOC(=O)c1ccccc1C(=O)OCC(C)S(=O)(=O)[O-].[K+]. The van der Waals surface area contributed by atoms with Crippen molar-refractivity contribution in [3.8, 4) is 0 Å². The predicted octanol–water partition coefficient (Wildman–Crippen LogP) is 4.59. The van der Waals surface area contributed by atoms with Gasteiger partial charge in [0.1, 0.15) is 16.7 Å². The van der Waals surface area contributed by atoms with Gasteiger partial charge in [0.05, 0.1) is 23.0 Å². The molecule has 39 heavy (non-hydrogen) atoms. The van der Waals surface area contributed by atoms with Gasteiger partial charge in [0.15, 0.2) is 0 Å². The predicted molar refractivity (Wildman–Crippen MR) is 150 cm³/mol. The van der Waals surface area contributed by atoms with Crippen molar-refractivity contribution < 1.29 is 83.4 Å². The molecule has 0 aliphatic heterocycles. The molecule has 0 aliphatic carbocycles. The number of rotatable bonds is 23. The summed E-state index contributed by atoms with van der Waals surface area (Å²) in [6, 6.07) is 6.04. The van der Waals surface area contributed by atoms with Crippen LogP contribution in [-0.4, -0.2) is 43.4 Å². The third-order valence-corrected chi connectivity index (χ3v) is 7.91. The normalized spacial score (nSPS) is 12.0. The van der Waals surface area contributed by atoms with E-state index in [4.69, 9.17) is 9.47 Å². The number of carbonyl (C=O) groups is 2. The van der Waals surface area contributed by atoms with Crippen LogP contribution in [0, 0.1) is 0 Å². The van der Waals surface area contributed by atoms with Crippen molar-refractivity contribution in [2.45, 2.75) is 128 Å². The van der Waals surface area contributed by atoms with E-state index in [9.17, 15) is 22.6 Å². The molecule has 0 radical (unpaired) electrons. The van der Waals surface area contributed by atoms with E-state index >= 15 is 0 Å². The maximum absolute atomic E-state index is 12.5. The average molecular weight is 593 g/mol. The minimum atomic E-state index is -4.56. The number of esters is 2. The van der Waals surface area contributed by atoms with Crippen LogP contribution in [0.25, 0.3) is 0 Å². The summed E-state index contributed by atoms with van der Waals surface area (Å²) in [4.78, 5) is 24.8. The maximum Gasteiger partial charge on any atom is 1.00 e. The summed E-state index contributed by atoms with van der Waals surface area (Å²) in [5, 5.41) is -1.37. The fourth-order valence-electron chi connectivity index (χ4n) is 4.26. The van der Waals surface area contributed by atoms with Gasteiger partial charge in [-0.05, 0) is 25.5 Å². The Bertz CT molecular complexity index is 889. The molecule has 1 aromatic carbocycles. The third kappa shape index (κ3) is 19.5. The molecule has 1 rings (SSSR count). The van der Waals surface area contributed by atoms with E-state index in [2.05, 4.69) is 6.92 Å². The van der Waals surface area contributed by atoms with Crippen molar-refractivity contribution in [2.24, 2.45) is 0 Å². The quantitative estimate of drug-likeness (QED) is 0.0791. The summed E-state index contributed by atoms with van der Waals surface area (Å²) in [5.41, 5.74) is 0.0394. The van der Waals surface area contributed by atoms with E-state index in [0.29, 0.717) is 0 Å². The first kappa shape index (κ1) is 38.7. The van der Waals surface area contributed by atoms with Gasteiger partial charge in [-0.15, -0.1) is 0 Å². The molecule has 218 valence electrons. The first-order valence-electron chi connectivity index (χ1n) is 14.6. The van der Waals surface area contributed by atoms with Crippen LogP contribution in [0.15, 0.2) is 24.3 Å². The van der Waals surface area contributed by atoms with E-state index in [0.717, 1.165) is 26.2 Å². The van der Waals surface area contributed by atoms with E-state index in [-0.39, 0.29) is 69.1 Å². The standard InChI is InChI=1S/C30H50O7S.K/c1-3-4-5-6-7-8-9-10-11-12-13-14-15-16-17-18-21-24-36-29(31)27-22-19-20-23-28(27)30(32)37-25-26(2)38(33,34)35;/h19-20,22-23,26H,3-18,21,24-25H2,1-2H3,(H,33,34,35);/q;+1/p-1. The fraction of sp³-hybridized carbons (Fsp3) is 0.733. The number of hydrogen-bond acceptors (Lipinski definition) is 7. The molecule has 1 aromatic rings. The number of benzene rings is 1. The average Bonchev–Trinajstić information content (AvgIpc) is 2.90. The summed E-state index contributed by atoms with van der Waals surface area (Å²) in [6.45, 7) is 3.12. The Morgan fingerprint density at radius 3 is 1.44 bits per heavy atom. The summed E-state index contributed by atoms with van der Waals surface area (Å²) in [5.74, 6) is -1.50. The van der Waals surface area contributed by atoms with E-state index < -0.39 is 33.9 Å². The van der Waals surface area contributed by atoms with Crippen LogP contribution in [0.5, 0.6) is 0 Å². The molecule has 0 aromatic heterocycles. The minimum Gasteiger partial charge on any atom is -0.748 e. The summed E-state index contributed by atoms with van der Waals surface area (Å²) < 4.78 is 43.2. The van der Waals surface area contributed by atoms with Crippen LogP contribution in [0.3, 0.4) is 0 Å². The zero-order chi connectivity index (χ0) is 28.1. The van der Waals surface area contributed by atoms with Gasteiger partial charge in [-0.2, -0.15) is 0 Å². The molecule has 1 atom stereocenters. The molecule has 0 N–H and O–H groups in total. The molecule has 0 spiro atoms. The van der Waals surface area contributed by atoms with Gasteiger partial charge >= 0.3 is 63.3 Å². The largest absolute Gasteiger partial charge is 1.00 e. The van der Waals surface area contributed by atoms with E-state index in [1.165, 1.54) is 102 Å². The Kier molecular flexibility index (Phi) is 24.1. The smallest absolute Gasteiger partial charge is 0.748 e. The van der Waals surface area contributed by atoms with Gasteiger partial charge in [-0.3, -0.25) is 0 Å². The Hall–Kier alpha value is -0.294. The zero-order valence-corrected chi connectivity index (χ0v) is 28.5. The van der Waals surface area contributed by atoms with Crippen LogP contribution in [0.4, 0.5) is 0 Å². The fourth-order valence-corrected chi connectivity index (χ4v) is 4.50. The Balaban J connectivity index is 0.0000144. The molecule has 0 heterocycles. The summed E-state index contributed by atoms with van der Waals surface area (Å²) in [7, 11) is -4.56. The van der Waals surface area contributed by atoms with E-state index in [1.807, 2.05) is 0 Å². The maximum atomic E-state index is 12.5. The molecule has 0 bridgehead atoms. The van der Waals surface area contributed by atoms with Crippen molar-refractivity contribution in [2.75, 3.05) is 13.2 Å². The molecule has 0 fully saturated rings. The van der Waals surface area contributed by atoms with Crippen LogP contribution < -0.4 is 51.4 Å². The van der Waals surface area contributed by atoms with Gasteiger partial charge in [-0.1, -0.05) is 122 Å². The van der Waals surface area contributed by atoms with Gasteiger partial charge in [0, 0.05) is 0 Å². The molecule has 0 amide bonds. The van der Waals surface area contributed by atoms with Crippen LogP contribution in [0.2, 0.25) is 0 Å². The van der Waals surface area contributed by atoms with Crippen LogP contribution in [-0.2, 0) is 19.6 Å². The van der Waals surface area contributed by atoms with Crippen molar-refractivity contribution in [3.05, 3.63) is 35.4 Å². The monoisotopic (exact) mass is 592 g/mol. The zero-order valence-electron chi connectivity index (χ0n) is 24.6. The minimum absolute atomic E-state index is 0. The number of unbranched alkanes of at least 4 members (excludes halogenated alkanes) is 16. The van der Waals surface area contributed by atoms with Crippen molar-refractivity contribution in [3.63, 3.8) is 0 Å². The van der Waals surface area contributed by atoms with Gasteiger partial charge in [0.2, 0.25) is 0 Å². The summed E-state index contributed by atoms with van der Waals surface area (Å²) >= 11 is 0.